The van der Waals surface area contributed by atoms with Gasteiger partial charge in [-0.3, -0.25) is 29.1 Å². The number of hydrogen-bond acceptors (Lipinski definition) is 8. The fraction of sp³-hybridized carbons (Fsp3) is 0.421. The van der Waals surface area contributed by atoms with E-state index in [4.69, 9.17) is 18.9 Å². The Morgan fingerprint density at radius 3 is 1.04 bits per heavy atom. The van der Waals surface area contributed by atoms with Gasteiger partial charge >= 0.3 is 0 Å². The molecule has 0 fully saturated rings. The van der Waals surface area contributed by atoms with E-state index in [2.05, 4.69) is 23.8 Å². The Hall–Kier alpha value is -4.86. The molecule has 2 heterocycles. The molecule has 2 aromatic heterocycles. The number of hydrogen-bond donors (Lipinski definition) is 2. The molecular weight excluding hydrogens is 612 g/mol. The molecule has 0 aliphatic rings. The van der Waals surface area contributed by atoms with Gasteiger partial charge in [0.05, 0.1) is 34.8 Å². The molecule has 0 atom stereocenters. The molecule has 10 nitrogen and oxygen atoms in total. The second-order valence-electron chi connectivity index (χ2n) is 12.1. The average molecular weight is 657 g/mol. The molecule has 254 valence electrons. The van der Waals surface area contributed by atoms with E-state index in [0.29, 0.717) is 24.7 Å². The minimum absolute atomic E-state index is 0.180. The van der Waals surface area contributed by atoms with Crippen LogP contribution in [0.15, 0.2) is 67.7 Å². The number of aromatic nitrogens is 2. The number of aromatic amines is 2. The molecule has 0 aliphatic carbocycles. The third-order valence-electron chi connectivity index (χ3n) is 8.39. The highest BCUT2D eigenvalue weighted by molar-refractivity contribution is 6.11. The molecule has 0 aliphatic heterocycles. The van der Waals surface area contributed by atoms with Crippen molar-refractivity contribution in [3.05, 3.63) is 89.9 Å². The summed E-state index contributed by atoms with van der Waals surface area (Å²) in [6, 6.07) is 13.4. The van der Waals surface area contributed by atoms with Crippen molar-refractivity contribution in [3.8, 4) is 34.5 Å². The van der Waals surface area contributed by atoms with Gasteiger partial charge in [0.1, 0.15) is 23.0 Å². The van der Waals surface area contributed by atoms with Gasteiger partial charge in [-0.05, 0) is 61.4 Å². The van der Waals surface area contributed by atoms with Gasteiger partial charge in [-0.2, -0.15) is 0 Å². The highest BCUT2D eigenvalue weighted by atomic mass is 16.5. The van der Waals surface area contributed by atoms with Gasteiger partial charge in [0.15, 0.2) is 11.5 Å². The van der Waals surface area contributed by atoms with Crippen molar-refractivity contribution in [1.82, 2.24) is 9.97 Å². The number of H-pyrrole nitrogens is 2. The monoisotopic (exact) mass is 656 g/mol. The van der Waals surface area contributed by atoms with E-state index >= 15 is 0 Å². The summed E-state index contributed by atoms with van der Waals surface area (Å²) in [6.07, 6.45) is 13.9. The van der Waals surface area contributed by atoms with E-state index in [1.807, 2.05) is 0 Å². The van der Waals surface area contributed by atoms with Crippen molar-refractivity contribution >= 4 is 21.5 Å². The zero-order valence-corrected chi connectivity index (χ0v) is 27.8. The third-order valence-corrected chi connectivity index (χ3v) is 8.39. The molecule has 0 unspecified atom stereocenters. The summed E-state index contributed by atoms with van der Waals surface area (Å²) in [6.45, 7) is 5.57. The van der Waals surface area contributed by atoms with Gasteiger partial charge in [-0.15, -0.1) is 0 Å². The quantitative estimate of drug-likeness (QED) is 0.0804. The van der Waals surface area contributed by atoms with Crippen LogP contribution in [0, 0.1) is 0 Å². The molecule has 0 radical (unpaired) electrons. The predicted octanol–water partition coefficient (Wildman–Crippen LogP) is 8.03. The average Bonchev–Trinajstić information content (AvgIpc) is 3.56. The number of nitrogens with one attached hydrogen (secondary N) is 2. The van der Waals surface area contributed by atoms with Gasteiger partial charge in [0.2, 0.25) is 0 Å². The summed E-state index contributed by atoms with van der Waals surface area (Å²) in [4.78, 5) is 56.9. The van der Waals surface area contributed by atoms with E-state index in [1.165, 1.54) is 51.4 Å². The van der Waals surface area contributed by atoms with E-state index in [0.717, 1.165) is 25.7 Å². The molecule has 2 N–H and O–H groups in total. The second-order valence-corrected chi connectivity index (χ2v) is 12.1. The Morgan fingerprint density at radius 2 is 0.708 bits per heavy atom. The summed E-state index contributed by atoms with van der Waals surface area (Å²) in [5.41, 5.74) is -3.05. The fourth-order valence-corrected chi connectivity index (χ4v) is 5.82. The van der Waals surface area contributed by atoms with Gasteiger partial charge in [-0.25, -0.2) is 0 Å². The molecule has 48 heavy (non-hydrogen) atoms. The Balaban J connectivity index is 1.35. The summed E-state index contributed by atoms with van der Waals surface area (Å²) >= 11 is 0. The van der Waals surface area contributed by atoms with Gasteiger partial charge in [0, 0.05) is 0 Å². The van der Waals surface area contributed by atoms with Gasteiger partial charge in [0.25, 0.3) is 22.2 Å². The van der Waals surface area contributed by atoms with Crippen molar-refractivity contribution in [2.75, 3.05) is 13.2 Å². The lowest BCUT2D eigenvalue weighted by Gasteiger charge is -2.13. The first-order valence-electron chi connectivity index (χ1n) is 17.2. The summed E-state index contributed by atoms with van der Waals surface area (Å²) < 4.78 is 23.9. The topological polar surface area (TPSA) is 137 Å². The van der Waals surface area contributed by atoms with Crippen LogP contribution in [0.3, 0.4) is 0 Å². The Kier molecular flexibility index (Phi) is 12.1. The normalized spacial score (nSPS) is 11.4. The maximum absolute atomic E-state index is 13.1. The van der Waals surface area contributed by atoms with Crippen LogP contribution in [0.2, 0.25) is 0 Å². The van der Waals surface area contributed by atoms with Crippen molar-refractivity contribution in [1.29, 1.82) is 0 Å². The number of unbranched alkanes of at least 4 members (excludes halogenated alkanes) is 10. The highest BCUT2D eigenvalue weighted by Crippen LogP contribution is 2.41. The van der Waals surface area contributed by atoms with Crippen LogP contribution < -0.4 is 41.2 Å². The maximum atomic E-state index is 13.1. The lowest BCUT2D eigenvalue weighted by atomic mass is 10.1. The first kappa shape index (κ1) is 34.5. The zero-order chi connectivity index (χ0) is 33.9. The van der Waals surface area contributed by atoms with Crippen LogP contribution in [0.5, 0.6) is 34.5 Å². The summed E-state index contributed by atoms with van der Waals surface area (Å²) in [7, 11) is 0. The molecule has 0 saturated carbocycles. The minimum atomic E-state index is -0.762. The lowest BCUT2D eigenvalue weighted by Crippen LogP contribution is -2.08. The molecule has 5 rings (SSSR count). The molecule has 0 spiro atoms. The molecule has 3 aromatic carbocycles. The van der Waals surface area contributed by atoms with Crippen LogP contribution in [-0.4, -0.2) is 23.2 Å². The van der Waals surface area contributed by atoms with E-state index in [1.54, 1.807) is 48.5 Å². The first-order chi connectivity index (χ1) is 23.4. The smallest absolute Gasteiger partial charge is 0.262 e. The number of ether oxygens (including phenoxy) is 4. The zero-order valence-electron chi connectivity index (χ0n) is 27.8. The fourth-order valence-electron chi connectivity index (χ4n) is 5.82. The maximum Gasteiger partial charge on any atom is 0.262 e. The van der Waals surface area contributed by atoms with Crippen LogP contribution in [0.25, 0.3) is 21.5 Å². The highest BCUT2D eigenvalue weighted by Gasteiger charge is 2.28. The van der Waals surface area contributed by atoms with E-state index < -0.39 is 22.2 Å². The van der Waals surface area contributed by atoms with Crippen LogP contribution in [-0.2, 0) is 0 Å². The van der Waals surface area contributed by atoms with Crippen LogP contribution >= 0.6 is 0 Å². The standard InChI is InChI=1S/C38H44N2O8/c1-3-5-7-9-11-13-23-45-25-15-19-27(20-16-25)47-33-29-31(37(43)39-35(29)41)34(32-30(33)36(42)40-38(32)44)48-28-21-17-26(18-22-28)46-24-14-12-10-8-6-4-2/h15-22H,3-14,23-24H2,1-2H3,(H,39,41,43)(H,40,42,44). The minimum Gasteiger partial charge on any atom is -0.494 e. The summed E-state index contributed by atoms with van der Waals surface area (Å²) in [5.74, 6) is 1.48. The van der Waals surface area contributed by atoms with Gasteiger partial charge < -0.3 is 18.9 Å². The number of rotatable bonds is 20. The first-order valence-corrected chi connectivity index (χ1v) is 17.2. The van der Waals surface area contributed by atoms with Crippen molar-refractivity contribution in [3.63, 3.8) is 0 Å². The Labute approximate surface area is 278 Å². The number of fused-ring (bicyclic) bond motifs is 2. The van der Waals surface area contributed by atoms with Crippen LogP contribution in [0.1, 0.15) is 90.9 Å². The summed E-state index contributed by atoms with van der Waals surface area (Å²) in [5, 5.41) is -0.719. The predicted molar refractivity (Wildman–Crippen MR) is 188 cm³/mol. The van der Waals surface area contributed by atoms with E-state index in [-0.39, 0.29) is 44.5 Å². The number of benzene rings is 3. The third kappa shape index (κ3) is 8.34. The molecule has 0 amide bonds. The van der Waals surface area contributed by atoms with Crippen LogP contribution in [0.4, 0.5) is 0 Å². The molecular formula is C38H44N2O8. The van der Waals surface area contributed by atoms with Crippen molar-refractivity contribution in [2.45, 2.75) is 90.9 Å². The molecule has 5 aromatic rings. The van der Waals surface area contributed by atoms with Gasteiger partial charge in [-0.1, -0.05) is 78.1 Å². The van der Waals surface area contributed by atoms with Crippen molar-refractivity contribution in [2.24, 2.45) is 0 Å². The molecule has 10 heteroatoms. The lowest BCUT2D eigenvalue weighted by molar-refractivity contribution is 0.304. The van der Waals surface area contributed by atoms with Crippen molar-refractivity contribution < 1.29 is 18.9 Å². The second kappa shape index (κ2) is 16.8. The molecule has 0 saturated heterocycles. The largest absolute Gasteiger partial charge is 0.494 e. The molecule has 0 bridgehead atoms. The van der Waals surface area contributed by atoms with E-state index in [9.17, 15) is 19.2 Å². The Morgan fingerprint density at radius 1 is 0.417 bits per heavy atom. The Bertz CT molecular complexity index is 1760. The SMILES string of the molecule is CCCCCCCCOc1ccc(Oc2c3c(=O)[nH]c(=O)c3c(Oc3ccc(OCCCCCCCC)cc3)c3c(=O)[nH]c(=O)c23)cc1.